The van der Waals surface area contributed by atoms with E-state index in [1.807, 2.05) is 18.2 Å². The highest BCUT2D eigenvalue weighted by molar-refractivity contribution is 5.93. The Kier molecular flexibility index (Phi) is 4.81. The largest absolute Gasteiger partial charge is 0.454 e. The Morgan fingerprint density at radius 2 is 1.79 bits per heavy atom. The van der Waals surface area contributed by atoms with Crippen molar-refractivity contribution in [1.29, 1.82) is 0 Å². The number of fused-ring (bicyclic) bond motifs is 1. The number of rotatable bonds is 3. The van der Waals surface area contributed by atoms with E-state index in [2.05, 4.69) is 5.10 Å². The summed E-state index contributed by atoms with van der Waals surface area (Å²) in [5.41, 5.74) is 2.08. The summed E-state index contributed by atoms with van der Waals surface area (Å²) in [6.45, 7) is 4.14. The minimum absolute atomic E-state index is 0.147. The summed E-state index contributed by atoms with van der Waals surface area (Å²) in [5, 5.41) is 4.39. The molecule has 2 amide bonds. The van der Waals surface area contributed by atoms with Gasteiger partial charge in [0, 0.05) is 38.8 Å². The minimum Gasteiger partial charge on any atom is -0.454 e. The first-order valence-corrected chi connectivity index (χ1v) is 9.22. The second-order valence-corrected chi connectivity index (χ2v) is 6.58. The number of nitrogens with zero attached hydrogens (tertiary/aromatic N) is 4. The van der Waals surface area contributed by atoms with Crippen molar-refractivity contribution in [3.05, 3.63) is 30.0 Å². The average Bonchev–Trinajstić information content (AvgIpc) is 3.33. The summed E-state index contributed by atoms with van der Waals surface area (Å²) >= 11 is 0. The van der Waals surface area contributed by atoms with Crippen molar-refractivity contribution in [2.24, 2.45) is 7.05 Å². The standard InChI is InChI=1S/C19H22N4O5/c1-3-26-19(25)23-8-6-22(7-9-23)18(24)14-11-15(21(2)20-14)13-4-5-16-17(10-13)28-12-27-16/h4-5,10-11H,3,6-9,12H2,1-2H3. The lowest BCUT2D eigenvalue weighted by molar-refractivity contribution is 0.0565. The van der Waals surface area contributed by atoms with Crippen molar-refractivity contribution < 1.29 is 23.8 Å². The fourth-order valence-electron chi connectivity index (χ4n) is 3.37. The third-order valence-electron chi connectivity index (χ3n) is 4.86. The molecule has 2 aliphatic heterocycles. The number of carbonyl (C=O) groups is 2. The van der Waals surface area contributed by atoms with Crippen molar-refractivity contribution >= 4 is 12.0 Å². The first kappa shape index (κ1) is 18.1. The molecule has 9 heteroatoms. The maximum Gasteiger partial charge on any atom is 0.409 e. The molecule has 0 unspecified atom stereocenters. The molecular formula is C19H22N4O5. The summed E-state index contributed by atoms with van der Waals surface area (Å²) < 4.78 is 17.5. The molecule has 2 aromatic rings. The van der Waals surface area contributed by atoms with Crippen molar-refractivity contribution in [1.82, 2.24) is 19.6 Å². The van der Waals surface area contributed by atoms with Gasteiger partial charge in [-0.25, -0.2) is 4.79 Å². The van der Waals surface area contributed by atoms with Crippen LogP contribution in [0, 0.1) is 0 Å². The fraction of sp³-hybridized carbons (Fsp3) is 0.421. The Morgan fingerprint density at radius 3 is 2.54 bits per heavy atom. The van der Waals surface area contributed by atoms with Gasteiger partial charge in [-0.15, -0.1) is 0 Å². The zero-order valence-electron chi connectivity index (χ0n) is 15.9. The molecular weight excluding hydrogens is 364 g/mol. The molecule has 0 atom stereocenters. The van der Waals surface area contributed by atoms with Crippen molar-refractivity contribution in [3.8, 4) is 22.8 Å². The lowest BCUT2D eigenvalue weighted by Crippen LogP contribution is -2.50. The number of piperazine rings is 1. The summed E-state index contributed by atoms with van der Waals surface area (Å²) in [7, 11) is 1.80. The van der Waals surface area contributed by atoms with E-state index in [1.165, 1.54) is 0 Å². The molecule has 148 valence electrons. The van der Waals surface area contributed by atoms with Gasteiger partial charge < -0.3 is 24.0 Å². The van der Waals surface area contributed by atoms with Crippen LogP contribution in [0.2, 0.25) is 0 Å². The molecule has 0 aliphatic carbocycles. The molecule has 1 aromatic heterocycles. The van der Waals surface area contributed by atoms with Crippen molar-refractivity contribution in [3.63, 3.8) is 0 Å². The number of benzene rings is 1. The molecule has 1 aromatic carbocycles. The molecule has 9 nitrogen and oxygen atoms in total. The van der Waals surface area contributed by atoms with Gasteiger partial charge in [0.1, 0.15) is 0 Å². The maximum absolute atomic E-state index is 12.9. The Hall–Kier alpha value is -3.23. The van der Waals surface area contributed by atoms with Gasteiger partial charge in [0.25, 0.3) is 5.91 Å². The van der Waals surface area contributed by atoms with Gasteiger partial charge >= 0.3 is 6.09 Å². The van der Waals surface area contributed by atoms with Crippen LogP contribution in [0.1, 0.15) is 17.4 Å². The highest BCUT2D eigenvalue weighted by Gasteiger charge is 2.27. The van der Waals surface area contributed by atoms with Crippen molar-refractivity contribution in [2.75, 3.05) is 39.6 Å². The zero-order chi connectivity index (χ0) is 19.7. The number of hydrogen-bond donors (Lipinski definition) is 0. The van der Waals surface area contributed by atoms with Crippen molar-refractivity contribution in [2.45, 2.75) is 6.92 Å². The highest BCUT2D eigenvalue weighted by Crippen LogP contribution is 2.36. The third kappa shape index (κ3) is 3.35. The van der Waals surface area contributed by atoms with Crippen LogP contribution in [0.25, 0.3) is 11.3 Å². The fourth-order valence-corrected chi connectivity index (χ4v) is 3.37. The van der Waals surface area contributed by atoms with Crippen LogP contribution < -0.4 is 9.47 Å². The maximum atomic E-state index is 12.9. The normalized spacial score (nSPS) is 15.6. The van der Waals surface area contributed by atoms with Gasteiger partial charge in [0.15, 0.2) is 17.2 Å². The predicted molar refractivity (Wildman–Crippen MR) is 99.3 cm³/mol. The summed E-state index contributed by atoms with van der Waals surface area (Å²) in [4.78, 5) is 28.0. The van der Waals surface area contributed by atoms with E-state index in [0.717, 1.165) is 11.3 Å². The second-order valence-electron chi connectivity index (χ2n) is 6.58. The van der Waals surface area contributed by atoms with Gasteiger partial charge in [-0.2, -0.15) is 5.10 Å². The van der Waals surface area contributed by atoms with Crippen LogP contribution in [0.3, 0.4) is 0 Å². The topological polar surface area (TPSA) is 86.1 Å². The molecule has 0 N–H and O–H groups in total. The van der Waals surface area contributed by atoms with Crippen LogP contribution in [0.5, 0.6) is 11.5 Å². The first-order valence-electron chi connectivity index (χ1n) is 9.22. The van der Waals surface area contributed by atoms with Crippen LogP contribution in [-0.4, -0.2) is 71.2 Å². The Balaban J connectivity index is 1.46. The summed E-state index contributed by atoms with van der Waals surface area (Å²) in [6, 6.07) is 7.42. The van der Waals surface area contributed by atoms with Gasteiger partial charge in [0.05, 0.1) is 12.3 Å². The van der Waals surface area contributed by atoms with Gasteiger partial charge in [-0.3, -0.25) is 9.48 Å². The molecule has 1 saturated heterocycles. The minimum atomic E-state index is -0.336. The zero-order valence-corrected chi connectivity index (χ0v) is 15.9. The number of aryl methyl sites for hydroxylation is 1. The van der Waals surface area contributed by atoms with E-state index < -0.39 is 0 Å². The number of hydrogen-bond acceptors (Lipinski definition) is 6. The van der Waals surface area contributed by atoms with Crippen LogP contribution in [-0.2, 0) is 11.8 Å². The Morgan fingerprint density at radius 1 is 1.07 bits per heavy atom. The molecule has 4 rings (SSSR count). The monoisotopic (exact) mass is 386 g/mol. The van der Waals surface area contributed by atoms with Gasteiger partial charge in [-0.05, 0) is 31.2 Å². The van der Waals surface area contributed by atoms with Gasteiger partial charge in [0.2, 0.25) is 6.79 Å². The number of ether oxygens (including phenoxy) is 3. The molecule has 2 aliphatic rings. The second kappa shape index (κ2) is 7.41. The lowest BCUT2D eigenvalue weighted by atomic mass is 10.1. The first-order chi connectivity index (χ1) is 13.6. The third-order valence-corrected chi connectivity index (χ3v) is 4.86. The average molecular weight is 386 g/mol. The van der Waals surface area contributed by atoms with E-state index >= 15 is 0 Å². The highest BCUT2D eigenvalue weighted by atomic mass is 16.7. The number of amides is 2. The van der Waals surface area contributed by atoms with Crippen LogP contribution in [0.4, 0.5) is 4.79 Å². The Labute approximate surface area is 162 Å². The number of carbonyl (C=O) groups excluding carboxylic acids is 2. The number of aromatic nitrogens is 2. The van der Waals surface area contributed by atoms with E-state index in [9.17, 15) is 9.59 Å². The van der Waals surface area contributed by atoms with E-state index in [1.54, 1.807) is 34.5 Å². The van der Waals surface area contributed by atoms with Crippen LogP contribution >= 0.6 is 0 Å². The van der Waals surface area contributed by atoms with E-state index in [0.29, 0.717) is 50.0 Å². The van der Waals surface area contributed by atoms with Crippen LogP contribution in [0.15, 0.2) is 24.3 Å². The molecule has 0 bridgehead atoms. The SMILES string of the molecule is CCOC(=O)N1CCN(C(=O)c2cc(-c3ccc4c(c3)OCO4)n(C)n2)CC1. The predicted octanol–water partition coefficient (Wildman–Crippen LogP) is 1.73. The quantitative estimate of drug-likeness (QED) is 0.799. The molecule has 0 saturated carbocycles. The molecule has 0 radical (unpaired) electrons. The smallest absolute Gasteiger partial charge is 0.409 e. The van der Waals surface area contributed by atoms with E-state index in [4.69, 9.17) is 14.2 Å². The summed E-state index contributed by atoms with van der Waals surface area (Å²) in [5.74, 6) is 1.24. The van der Waals surface area contributed by atoms with E-state index in [-0.39, 0.29) is 18.8 Å². The molecule has 0 spiro atoms. The Bertz CT molecular complexity index is 902. The molecule has 28 heavy (non-hydrogen) atoms. The summed E-state index contributed by atoms with van der Waals surface area (Å²) in [6.07, 6.45) is -0.336. The molecule has 3 heterocycles. The lowest BCUT2D eigenvalue weighted by Gasteiger charge is -2.33. The molecule has 1 fully saturated rings. The van der Waals surface area contributed by atoms with Gasteiger partial charge in [-0.1, -0.05) is 0 Å².